The summed E-state index contributed by atoms with van der Waals surface area (Å²) >= 11 is 0. The Morgan fingerprint density at radius 2 is 2.05 bits per heavy atom. The molecule has 1 aliphatic heterocycles. The number of ether oxygens (including phenoxy) is 1. The normalized spacial score (nSPS) is 28.3. The number of rotatable bonds is 5. The molecule has 22 heavy (non-hydrogen) atoms. The number of carbonyl (C=O) groups is 1. The summed E-state index contributed by atoms with van der Waals surface area (Å²) in [6.07, 6.45) is 0.590. The summed E-state index contributed by atoms with van der Waals surface area (Å²) < 4.78 is 19.8. The second-order valence-corrected chi connectivity index (χ2v) is 6.54. The molecule has 0 N–H and O–H groups in total. The predicted molar refractivity (Wildman–Crippen MR) is 83.1 cm³/mol. The summed E-state index contributed by atoms with van der Waals surface area (Å²) in [6, 6.07) is 10.3. The highest BCUT2D eigenvalue weighted by Gasteiger charge is 2.61. The number of likely N-dealkylation sites (tertiary alicyclic amines) is 1. The van der Waals surface area contributed by atoms with Crippen LogP contribution in [0.4, 0.5) is 4.39 Å². The van der Waals surface area contributed by atoms with Gasteiger partial charge in [-0.05, 0) is 32.3 Å². The van der Waals surface area contributed by atoms with Crippen molar-refractivity contribution in [3.63, 3.8) is 0 Å². The van der Waals surface area contributed by atoms with Crippen molar-refractivity contribution in [2.24, 2.45) is 11.3 Å². The number of esters is 1. The van der Waals surface area contributed by atoms with Gasteiger partial charge in [-0.1, -0.05) is 30.3 Å². The molecule has 0 amide bonds. The first kappa shape index (κ1) is 15.5. The van der Waals surface area contributed by atoms with E-state index in [1.54, 1.807) is 6.92 Å². The van der Waals surface area contributed by atoms with E-state index in [1.807, 2.05) is 18.2 Å². The van der Waals surface area contributed by atoms with Crippen LogP contribution in [0.5, 0.6) is 0 Å². The van der Waals surface area contributed by atoms with Gasteiger partial charge in [0.05, 0.1) is 12.0 Å². The third kappa shape index (κ3) is 2.65. The zero-order valence-corrected chi connectivity index (χ0v) is 13.3. The molecule has 1 aliphatic carbocycles. The zero-order valence-electron chi connectivity index (χ0n) is 13.3. The van der Waals surface area contributed by atoms with Gasteiger partial charge in [-0.3, -0.25) is 9.69 Å². The Bertz CT molecular complexity index is 529. The number of benzene rings is 1. The molecule has 1 heterocycles. The molecule has 1 aromatic carbocycles. The molecule has 2 unspecified atom stereocenters. The largest absolute Gasteiger partial charge is 0.466 e. The van der Waals surface area contributed by atoms with Gasteiger partial charge in [0.1, 0.15) is 6.17 Å². The fourth-order valence-corrected chi connectivity index (χ4v) is 3.71. The highest BCUT2D eigenvalue weighted by molar-refractivity contribution is 5.80. The first-order valence-electron chi connectivity index (χ1n) is 8.19. The molecular weight excluding hydrogens is 281 g/mol. The van der Waals surface area contributed by atoms with Crippen molar-refractivity contribution in [3.8, 4) is 0 Å². The van der Waals surface area contributed by atoms with Gasteiger partial charge in [-0.2, -0.15) is 0 Å². The number of hydrogen-bond donors (Lipinski definition) is 0. The van der Waals surface area contributed by atoms with Gasteiger partial charge < -0.3 is 4.74 Å². The molecule has 1 saturated heterocycles. The highest BCUT2D eigenvalue weighted by Crippen LogP contribution is 2.56. The summed E-state index contributed by atoms with van der Waals surface area (Å²) in [5.41, 5.74) is 0.636. The molecule has 0 spiro atoms. The summed E-state index contributed by atoms with van der Waals surface area (Å²) in [6.45, 7) is 5.32. The van der Waals surface area contributed by atoms with Crippen molar-refractivity contribution in [3.05, 3.63) is 35.9 Å². The molecule has 1 aromatic rings. The van der Waals surface area contributed by atoms with E-state index in [4.69, 9.17) is 4.74 Å². The Balaban J connectivity index is 1.71. The summed E-state index contributed by atoms with van der Waals surface area (Å²) in [4.78, 5) is 14.4. The van der Waals surface area contributed by atoms with Crippen molar-refractivity contribution in [1.29, 1.82) is 0 Å². The third-order valence-corrected chi connectivity index (χ3v) is 5.29. The fraction of sp³-hybridized carbons (Fsp3) is 0.611. The number of hydrogen-bond acceptors (Lipinski definition) is 3. The lowest BCUT2D eigenvalue weighted by molar-refractivity contribution is -0.152. The predicted octanol–water partition coefficient (Wildman–Crippen LogP) is 3.36. The van der Waals surface area contributed by atoms with Gasteiger partial charge in [0, 0.05) is 25.0 Å². The Morgan fingerprint density at radius 3 is 2.64 bits per heavy atom. The second-order valence-electron chi connectivity index (χ2n) is 6.54. The number of carbonyl (C=O) groups excluding carboxylic acids is 1. The Hall–Kier alpha value is -1.42. The SMILES string of the molecule is CCOC(=O)C1(C2CN([C@@H](C)c3ccccc3)CC2F)CC1. The van der Waals surface area contributed by atoms with E-state index in [1.165, 1.54) is 5.56 Å². The van der Waals surface area contributed by atoms with E-state index in [0.29, 0.717) is 19.7 Å². The number of nitrogens with zero attached hydrogens (tertiary/aromatic N) is 1. The maximum Gasteiger partial charge on any atom is 0.312 e. The van der Waals surface area contributed by atoms with Crippen molar-refractivity contribution in [2.45, 2.75) is 38.9 Å². The van der Waals surface area contributed by atoms with Gasteiger partial charge in [0.25, 0.3) is 0 Å². The number of halogens is 1. The maximum absolute atomic E-state index is 14.6. The quantitative estimate of drug-likeness (QED) is 0.781. The Morgan fingerprint density at radius 1 is 1.36 bits per heavy atom. The van der Waals surface area contributed by atoms with Crippen LogP contribution in [-0.2, 0) is 9.53 Å². The van der Waals surface area contributed by atoms with Crippen LogP contribution in [0.2, 0.25) is 0 Å². The fourth-order valence-electron chi connectivity index (χ4n) is 3.71. The van der Waals surface area contributed by atoms with Gasteiger partial charge in [0.2, 0.25) is 0 Å². The minimum atomic E-state index is -0.946. The molecule has 2 fully saturated rings. The summed E-state index contributed by atoms with van der Waals surface area (Å²) in [7, 11) is 0. The first-order valence-corrected chi connectivity index (χ1v) is 8.19. The minimum absolute atomic E-state index is 0.169. The molecule has 4 heteroatoms. The standard InChI is InChI=1S/C18H24FNO2/c1-3-22-17(21)18(9-10-18)15-11-20(12-16(15)19)13(2)14-7-5-4-6-8-14/h4-8,13,15-16H,3,9-12H2,1-2H3/t13-,15?,16?/m0/s1. The molecule has 0 radical (unpaired) electrons. The van der Waals surface area contributed by atoms with Crippen LogP contribution in [0.3, 0.4) is 0 Å². The summed E-state index contributed by atoms with van der Waals surface area (Å²) in [5, 5.41) is 0. The molecule has 120 valence electrons. The molecular formula is C18H24FNO2. The first-order chi connectivity index (χ1) is 10.6. The third-order valence-electron chi connectivity index (χ3n) is 5.29. The highest BCUT2D eigenvalue weighted by atomic mass is 19.1. The van der Waals surface area contributed by atoms with Crippen LogP contribution in [-0.4, -0.2) is 36.7 Å². The average Bonchev–Trinajstić information content (AvgIpc) is 3.25. The van der Waals surface area contributed by atoms with Gasteiger partial charge in [-0.25, -0.2) is 4.39 Å². The van der Waals surface area contributed by atoms with E-state index in [0.717, 1.165) is 12.8 Å². The lowest BCUT2D eigenvalue weighted by atomic mass is 9.87. The van der Waals surface area contributed by atoms with Crippen LogP contribution in [0.15, 0.2) is 30.3 Å². The molecule has 0 bridgehead atoms. The Labute approximate surface area is 131 Å². The van der Waals surface area contributed by atoms with E-state index in [9.17, 15) is 9.18 Å². The van der Waals surface area contributed by atoms with Crippen molar-refractivity contribution < 1.29 is 13.9 Å². The topological polar surface area (TPSA) is 29.5 Å². The lowest BCUT2D eigenvalue weighted by Crippen LogP contribution is -2.33. The second kappa shape index (κ2) is 5.99. The lowest BCUT2D eigenvalue weighted by Gasteiger charge is -2.26. The van der Waals surface area contributed by atoms with Crippen LogP contribution in [0.1, 0.15) is 38.3 Å². The van der Waals surface area contributed by atoms with Crippen molar-refractivity contribution in [1.82, 2.24) is 4.90 Å². The van der Waals surface area contributed by atoms with Gasteiger partial charge in [-0.15, -0.1) is 0 Å². The van der Waals surface area contributed by atoms with Gasteiger partial charge >= 0.3 is 5.97 Å². The maximum atomic E-state index is 14.6. The van der Waals surface area contributed by atoms with E-state index < -0.39 is 11.6 Å². The zero-order chi connectivity index (χ0) is 15.7. The average molecular weight is 305 g/mol. The Kier molecular flexibility index (Phi) is 4.22. The molecule has 3 nitrogen and oxygen atoms in total. The van der Waals surface area contributed by atoms with Crippen LogP contribution >= 0.6 is 0 Å². The van der Waals surface area contributed by atoms with Crippen molar-refractivity contribution in [2.75, 3.05) is 19.7 Å². The van der Waals surface area contributed by atoms with E-state index >= 15 is 0 Å². The van der Waals surface area contributed by atoms with Crippen LogP contribution < -0.4 is 0 Å². The summed E-state index contributed by atoms with van der Waals surface area (Å²) in [5.74, 6) is -0.422. The smallest absolute Gasteiger partial charge is 0.312 e. The van der Waals surface area contributed by atoms with Crippen LogP contribution in [0.25, 0.3) is 0 Å². The van der Waals surface area contributed by atoms with Crippen molar-refractivity contribution >= 4 is 5.97 Å². The molecule has 2 aliphatic rings. The molecule has 1 saturated carbocycles. The van der Waals surface area contributed by atoms with Gasteiger partial charge in [0.15, 0.2) is 0 Å². The van der Waals surface area contributed by atoms with Crippen LogP contribution in [0, 0.1) is 11.3 Å². The molecule has 0 aromatic heterocycles. The molecule has 3 atom stereocenters. The molecule has 3 rings (SSSR count). The minimum Gasteiger partial charge on any atom is -0.466 e. The van der Waals surface area contributed by atoms with E-state index in [2.05, 4.69) is 24.0 Å². The monoisotopic (exact) mass is 305 g/mol. The van der Waals surface area contributed by atoms with E-state index in [-0.39, 0.29) is 17.9 Å². The number of alkyl halides is 1.